The van der Waals surface area contributed by atoms with Crippen LogP contribution in [-0.4, -0.2) is 57.9 Å². The maximum atomic E-state index is 13.2. The lowest BCUT2D eigenvalue weighted by atomic mass is 9.85. The second-order valence-electron chi connectivity index (χ2n) is 8.77. The van der Waals surface area contributed by atoms with Gasteiger partial charge in [0.1, 0.15) is 5.71 Å². The smallest absolute Gasteiger partial charge is 0.330 e. The fourth-order valence-electron chi connectivity index (χ4n) is 4.20. The molecule has 1 atom stereocenters. The number of hydrazone groups is 1. The van der Waals surface area contributed by atoms with Crippen LogP contribution in [0.2, 0.25) is 10.0 Å². The van der Waals surface area contributed by atoms with Crippen molar-refractivity contribution < 1.29 is 22.7 Å². The molecule has 9 nitrogen and oxygen atoms in total. The molecule has 1 aliphatic heterocycles. The predicted molar refractivity (Wildman–Crippen MR) is 160 cm³/mol. The molecule has 0 radical (unpaired) electrons. The Hall–Kier alpha value is -3.70. The quantitative estimate of drug-likeness (QED) is 0.156. The SMILES string of the molecule is CCOC(=O)/C=C\COC1(c2ccccc2)CN(/C(=N/S(=O)(=O)c2ccc(Cl)cc2)NC)N=C1c1ccc(Cl)cc1. The van der Waals surface area contributed by atoms with Crippen molar-refractivity contribution in [3.05, 3.63) is 112 Å². The summed E-state index contributed by atoms with van der Waals surface area (Å²) < 4.78 is 41.9. The summed E-state index contributed by atoms with van der Waals surface area (Å²) in [5.74, 6) is -0.503. The third-order valence-electron chi connectivity index (χ3n) is 6.09. The maximum absolute atomic E-state index is 13.2. The number of sulfonamides is 1. The van der Waals surface area contributed by atoms with Crippen LogP contribution in [0.1, 0.15) is 18.1 Å². The Morgan fingerprint density at radius 1 is 1.05 bits per heavy atom. The highest BCUT2D eigenvalue weighted by atomic mass is 35.5. The van der Waals surface area contributed by atoms with E-state index in [1.165, 1.54) is 35.4 Å². The first-order valence-electron chi connectivity index (χ1n) is 12.6. The van der Waals surface area contributed by atoms with Gasteiger partial charge in [-0.2, -0.15) is 13.5 Å². The molecule has 0 saturated carbocycles. The van der Waals surface area contributed by atoms with Crippen LogP contribution in [0, 0.1) is 0 Å². The standard InChI is InChI=1S/C29H28Cl2N4O5S/c1-3-39-26(36)10-7-19-40-29(22-8-5-4-6-9-22)20-35(33-27(29)21-11-13-23(30)14-12-21)28(32-2)34-41(37,38)25-17-15-24(31)16-18-25/h4-18H,3,19-20H2,1-2H3,(H,32,34)/b10-7-. The molecule has 0 amide bonds. The van der Waals surface area contributed by atoms with Crippen molar-refractivity contribution >= 4 is 50.9 Å². The average molecular weight is 616 g/mol. The van der Waals surface area contributed by atoms with Gasteiger partial charge in [-0.15, -0.1) is 4.40 Å². The van der Waals surface area contributed by atoms with Gasteiger partial charge in [-0.3, -0.25) is 0 Å². The predicted octanol–water partition coefficient (Wildman–Crippen LogP) is 5.01. The number of esters is 1. The van der Waals surface area contributed by atoms with Crippen molar-refractivity contribution in [2.24, 2.45) is 9.50 Å². The van der Waals surface area contributed by atoms with E-state index in [9.17, 15) is 13.2 Å². The van der Waals surface area contributed by atoms with E-state index in [0.29, 0.717) is 21.3 Å². The van der Waals surface area contributed by atoms with Crippen molar-refractivity contribution in [3.63, 3.8) is 0 Å². The molecular formula is C29H28Cl2N4O5S. The largest absolute Gasteiger partial charge is 0.463 e. The number of benzene rings is 3. The number of nitrogens with zero attached hydrogens (tertiary/aromatic N) is 3. The van der Waals surface area contributed by atoms with Crippen molar-refractivity contribution in [2.45, 2.75) is 17.4 Å². The van der Waals surface area contributed by atoms with Crippen LogP contribution in [0.4, 0.5) is 0 Å². The number of guanidine groups is 1. The molecule has 0 spiro atoms. The highest BCUT2D eigenvalue weighted by molar-refractivity contribution is 7.90. The topological polar surface area (TPSA) is 110 Å². The van der Waals surface area contributed by atoms with E-state index in [2.05, 4.69) is 9.71 Å². The van der Waals surface area contributed by atoms with Crippen molar-refractivity contribution in [2.75, 3.05) is 26.8 Å². The van der Waals surface area contributed by atoms with Gasteiger partial charge in [-0.25, -0.2) is 9.80 Å². The van der Waals surface area contributed by atoms with E-state index in [4.69, 9.17) is 37.8 Å². The van der Waals surface area contributed by atoms with Gasteiger partial charge in [0.15, 0.2) is 5.60 Å². The molecule has 1 aliphatic rings. The Morgan fingerprint density at radius 2 is 1.68 bits per heavy atom. The summed E-state index contributed by atoms with van der Waals surface area (Å²) in [6.45, 7) is 2.08. The molecule has 214 valence electrons. The molecule has 1 heterocycles. The Bertz CT molecular complexity index is 1560. The Kier molecular flexibility index (Phi) is 9.82. The number of hydrogen-bond donors (Lipinski definition) is 1. The fraction of sp³-hybridized carbons (Fsp3) is 0.207. The Morgan fingerprint density at radius 3 is 2.29 bits per heavy atom. The summed E-state index contributed by atoms with van der Waals surface area (Å²) >= 11 is 12.1. The van der Waals surface area contributed by atoms with Gasteiger partial charge in [-0.1, -0.05) is 71.7 Å². The second kappa shape index (κ2) is 13.3. The van der Waals surface area contributed by atoms with Crippen LogP contribution in [0.3, 0.4) is 0 Å². The third-order valence-corrected chi connectivity index (χ3v) is 7.87. The van der Waals surface area contributed by atoms with Crippen LogP contribution in [0.15, 0.2) is 105 Å². The van der Waals surface area contributed by atoms with Crippen molar-refractivity contribution in [3.8, 4) is 0 Å². The zero-order valence-corrected chi connectivity index (χ0v) is 24.7. The number of carbonyl (C=O) groups excluding carboxylic acids is 1. The van der Waals surface area contributed by atoms with Crippen molar-refractivity contribution in [1.29, 1.82) is 0 Å². The normalized spacial score (nSPS) is 17.5. The molecule has 0 bridgehead atoms. The summed E-state index contributed by atoms with van der Waals surface area (Å²) in [7, 11) is -2.56. The lowest BCUT2D eigenvalue weighted by Gasteiger charge is -2.31. The van der Waals surface area contributed by atoms with Crippen LogP contribution in [0.25, 0.3) is 0 Å². The molecule has 3 aromatic carbocycles. The van der Waals surface area contributed by atoms with E-state index in [-0.39, 0.29) is 30.6 Å². The lowest BCUT2D eigenvalue weighted by molar-refractivity contribution is -0.137. The minimum atomic E-state index is -4.12. The maximum Gasteiger partial charge on any atom is 0.330 e. The lowest BCUT2D eigenvalue weighted by Crippen LogP contribution is -2.45. The van der Waals surface area contributed by atoms with Gasteiger partial charge >= 0.3 is 5.97 Å². The minimum absolute atomic E-state index is 0.0186. The van der Waals surface area contributed by atoms with Crippen LogP contribution < -0.4 is 5.32 Å². The number of nitrogens with one attached hydrogen (secondary N) is 1. The number of rotatable bonds is 9. The highest BCUT2D eigenvalue weighted by Crippen LogP contribution is 2.37. The van der Waals surface area contributed by atoms with Crippen LogP contribution in [0.5, 0.6) is 0 Å². The average Bonchev–Trinajstić information content (AvgIpc) is 3.36. The van der Waals surface area contributed by atoms with Gasteiger partial charge in [0, 0.05) is 28.7 Å². The zero-order valence-electron chi connectivity index (χ0n) is 22.3. The van der Waals surface area contributed by atoms with Crippen LogP contribution >= 0.6 is 23.2 Å². The van der Waals surface area contributed by atoms with E-state index in [1.807, 2.05) is 30.3 Å². The van der Waals surface area contributed by atoms with Crippen LogP contribution in [-0.2, 0) is 29.9 Å². The summed E-state index contributed by atoms with van der Waals surface area (Å²) in [6, 6.07) is 22.2. The van der Waals surface area contributed by atoms with Crippen molar-refractivity contribution in [1.82, 2.24) is 10.3 Å². The van der Waals surface area contributed by atoms with Gasteiger partial charge in [-0.05, 0) is 48.9 Å². The first kappa shape index (κ1) is 30.3. The highest BCUT2D eigenvalue weighted by Gasteiger charge is 2.47. The first-order valence-corrected chi connectivity index (χ1v) is 14.8. The summed E-state index contributed by atoms with van der Waals surface area (Å²) in [5.41, 5.74) is 0.773. The molecule has 3 aromatic rings. The molecule has 0 fully saturated rings. The molecule has 0 saturated heterocycles. The van der Waals surface area contributed by atoms with Gasteiger partial charge in [0.25, 0.3) is 10.0 Å². The van der Waals surface area contributed by atoms with E-state index >= 15 is 0 Å². The number of ether oxygens (including phenoxy) is 2. The number of carbonyl (C=O) groups is 1. The monoisotopic (exact) mass is 614 g/mol. The summed E-state index contributed by atoms with van der Waals surface area (Å²) in [5, 5.41) is 10.1. The van der Waals surface area contributed by atoms with Gasteiger partial charge in [0.05, 0.1) is 24.7 Å². The number of halogens is 2. The zero-order chi connectivity index (χ0) is 29.5. The summed E-state index contributed by atoms with van der Waals surface area (Å²) in [4.78, 5) is 11.8. The van der Waals surface area contributed by atoms with Gasteiger partial charge in [0.2, 0.25) is 5.96 Å². The molecule has 1 N–H and O–H groups in total. The van der Waals surface area contributed by atoms with E-state index in [0.717, 1.165) is 5.56 Å². The third kappa shape index (κ3) is 7.15. The van der Waals surface area contributed by atoms with E-state index in [1.54, 1.807) is 44.3 Å². The molecule has 41 heavy (non-hydrogen) atoms. The van der Waals surface area contributed by atoms with E-state index < -0.39 is 21.6 Å². The fourth-order valence-corrected chi connectivity index (χ4v) is 5.45. The summed E-state index contributed by atoms with van der Waals surface area (Å²) in [6.07, 6.45) is 2.86. The number of hydrogen-bond acceptors (Lipinski definition) is 6. The molecule has 1 unspecified atom stereocenters. The molecule has 0 aromatic heterocycles. The second-order valence-corrected chi connectivity index (χ2v) is 11.2. The minimum Gasteiger partial charge on any atom is -0.463 e. The molecule has 4 rings (SSSR count). The Balaban J connectivity index is 1.80. The molecule has 12 heteroatoms. The molecule has 0 aliphatic carbocycles. The first-order chi connectivity index (χ1) is 19.7. The van der Waals surface area contributed by atoms with Gasteiger partial charge < -0.3 is 14.8 Å². The molecular weight excluding hydrogens is 587 g/mol. The Labute approximate surface area is 249 Å².